The number of aromatic nitrogens is 2. The Bertz CT molecular complexity index is 1100. The molecule has 0 fully saturated rings. The molecule has 140 valence electrons. The summed E-state index contributed by atoms with van der Waals surface area (Å²) in [5.74, 6) is 0.981. The molecule has 0 aliphatic carbocycles. The normalized spacial score (nSPS) is 14.1. The molecule has 0 unspecified atom stereocenters. The number of halogens is 1. The van der Waals surface area contributed by atoms with E-state index in [-0.39, 0.29) is 5.82 Å². The summed E-state index contributed by atoms with van der Waals surface area (Å²) in [5.41, 5.74) is 5.34. The van der Waals surface area contributed by atoms with Gasteiger partial charge in [0.05, 0.1) is 19.9 Å². The number of aliphatic imine (C=N–C) groups is 1. The molecular formula is C21H18FN5O. The second kappa shape index (κ2) is 6.60. The molecule has 7 heteroatoms. The van der Waals surface area contributed by atoms with Crippen molar-refractivity contribution >= 4 is 23.7 Å². The number of benzene rings is 2. The lowest BCUT2D eigenvalue weighted by atomic mass is 10.1. The number of nitrogens with zero attached hydrogens (tertiary/aromatic N) is 4. The molecule has 5 rings (SSSR count). The molecule has 0 spiro atoms. The molecule has 3 heterocycles. The maximum atomic E-state index is 14.3. The van der Waals surface area contributed by atoms with Crippen LogP contribution in [0.2, 0.25) is 0 Å². The summed E-state index contributed by atoms with van der Waals surface area (Å²) in [5, 5.41) is 3.07. The smallest absolute Gasteiger partial charge is 0.228 e. The van der Waals surface area contributed by atoms with E-state index in [1.54, 1.807) is 7.11 Å². The summed E-state index contributed by atoms with van der Waals surface area (Å²) in [6.07, 6.45) is 3.04. The van der Waals surface area contributed by atoms with Gasteiger partial charge in [-0.25, -0.2) is 9.37 Å². The standard InChI is InChI=1S/C21H18FN5O/c1-28-18-5-3-14-11-27(12-16(14)7-18)21-24-10-19(22)20(26-21)25-17-4-2-13-8-23-9-15(13)6-17/h2-7,9-10H,8,11-12H2,1H3,(H,24,25,26). The first-order valence-electron chi connectivity index (χ1n) is 9.02. The topological polar surface area (TPSA) is 62.6 Å². The zero-order chi connectivity index (χ0) is 19.1. The number of methoxy groups -OCH3 is 1. The highest BCUT2D eigenvalue weighted by Gasteiger charge is 2.23. The Morgan fingerprint density at radius 1 is 1.07 bits per heavy atom. The molecular weight excluding hydrogens is 357 g/mol. The molecule has 0 bridgehead atoms. The SMILES string of the molecule is COc1ccc2c(c1)CN(c1ncc(F)c(Nc3ccc4c(c3)C=NC4)n1)C2. The molecule has 0 saturated heterocycles. The minimum atomic E-state index is -0.490. The third-order valence-electron chi connectivity index (χ3n) is 5.05. The number of nitrogens with one attached hydrogen (secondary N) is 1. The molecule has 6 nitrogen and oxygen atoms in total. The van der Waals surface area contributed by atoms with Crippen LogP contribution in [0.1, 0.15) is 22.3 Å². The zero-order valence-corrected chi connectivity index (χ0v) is 15.3. The predicted octanol–water partition coefficient (Wildman–Crippen LogP) is 3.82. The van der Waals surface area contributed by atoms with Crippen LogP contribution < -0.4 is 15.0 Å². The second-order valence-corrected chi connectivity index (χ2v) is 6.87. The molecule has 2 aromatic carbocycles. The summed E-state index contributed by atoms with van der Waals surface area (Å²) < 4.78 is 19.6. The van der Waals surface area contributed by atoms with Gasteiger partial charge in [0.1, 0.15) is 5.75 Å². The average Bonchev–Trinajstić information content (AvgIpc) is 3.35. The number of anilines is 3. The Morgan fingerprint density at radius 3 is 2.82 bits per heavy atom. The van der Waals surface area contributed by atoms with E-state index in [1.165, 1.54) is 22.9 Å². The summed E-state index contributed by atoms with van der Waals surface area (Å²) in [6.45, 7) is 2.04. The summed E-state index contributed by atoms with van der Waals surface area (Å²) in [7, 11) is 1.65. The molecule has 3 aromatic rings. The van der Waals surface area contributed by atoms with E-state index in [2.05, 4.69) is 20.3 Å². The fourth-order valence-corrected chi connectivity index (χ4v) is 3.55. The van der Waals surface area contributed by atoms with Gasteiger partial charge in [0.25, 0.3) is 0 Å². The summed E-state index contributed by atoms with van der Waals surface area (Å²) >= 11 is 0. The van der Waals surface area contributed by atoms with Crippen LogP contribution in [0.25, 0.3) is 0 Å². The van der Waals surface area contributed by atoms with Crippen molar-refractivity contribution in [2.45, 2.75) is 19.6 Å². The van der Waals surface area contributed by atoms with Gasteiger partial charge in [-0.2, -0.15) is 4.98 Å². The largest absolute Gasteiger partial charge is 0.497 e. The van der Waals surface area contributed by atoms with Crippen molar-refractivity contribution < 1.29 is 9.13 Å². The van der Waals surface area contributed by atoms with Crippen LogP contribution in [-0.4, -0.2) is 23.3 Å². The number of fused-ring (bicyclic) bond motifs is 2. The second-order valence-electron chi connectivity index (χ2n) is 6.87. The lowest BCUT2D eigenvalue weighted by Gasteiger charge is -2.16. The van der Waals surface area contributed by atoms with Gasteiger partial charge in [0, 0.05) is 25.0 Å². The van der Waals surface area contributed by atoms with Crippen LogP contribution in [0.3, 0.4) is 0 Å². The van der Waals surface area contributed by atoms with E-state index in [0.29, 0.717) is 25.6 Å². The van der Waals surface area contributed by atoms with Crippen LogP contribution in [0, 0.1) is 5.82 Å². The Balaban J connectivity index is 1.40. The van der Waals surface area contributed by atoms with Crippen LogP contribution in [0.5, 0.6) is 5.75 Å². The van der Waals surface area contributed by atoms with E-state index in [4.69, 9.17) is 4.74 Å². The quantitative estimate of drug-likeness (QED) is 0.751. The maximum absolute atomic E-state index is 14.3. The Kier molecular flexibility index (Phi) is 3.93. The van der Waals surface area contributed by atoms with Gasteiger partial charge >= 0.3 is 0 Å². The molecule has 1 aromatic heterocycles. The molecule has 2 aliphatic heterocycles. The van der Waals surface area contributed by atoms with E-state index < -0.39 is 5.82 Å². The average molecular weight is 375 g/mol. The first-order chi connectivity index (χ1) is 13.7. The highest BCUT2D eigenvalue weighted by atomic mass is 19.1. The number of hydrogen-bond acceptors (Lipinski definition) is 6. The van der Waals surface area contributed by atoms with Crippen LogP contribution >= 0.6 is 0 Å². The summed E-state index contributed by atoms with van der Waals surface area (Å²) in [4.78, 5) is 14.9. The van der Waals surface area contributed by atoms with Crippen LogP contribution in [0.4, 0.5) is 21.8 Å². The minimum Gasteiger partial charge on any atom is -0.497 e. The van der Waals surface area contributed by atoms with Gasteiger partial charge in [-0.3, -0.25) is 4.99 Å². The summed E-state index contributed by atoms with van der Waals surface area (Å²) in [6, 6.07) is 11.9. The van der Waals surface area contributed by atoms with Crippen molar-refractivity contribution in [1.82, 2.24) is 9.97 Å². The highest BCUT2D eigenvalue weighted by molar-refractivity contribution is 5.86. The van der Waals surface area contributed by atoms with E-state index in [9.17, 15) is 4.39 Å². The number of rotatable bonds is 4. The number of ether oxygens (including phenoxy) is 1. The van der Waals surface area contributed by atoms with Crippen molar-refractivity contribution in [2.24, 2.45) is 4.99 Å². The minimum absolute atomic E-state index is 0.161. The molecule has 0 amide bonds. The molecule has 0 saturated carbocycles. The monoisotopic (exact) mass is 375 g/mol. The van der Waals surface area contributed by atoms with E-state index in [0.717, 1.165) is 17.0 Å². The van der Waals surface area contributed by atoms with E-state index >= 15 is 0 Å². The Labute approximate surface area is 161 Å². The third kappa shape index (κ3) is 2.94. The van der Waals surface area contributed by atoms with Gasteiger partial charge in [0.15, 0.2) is 11.6 Å². The molecule has 2 aliphatic rings. The van der Waals surface area contributed by atoms with Gasteiger partial charge in [0.2, 0.25) is 5.95 Å². The fraction of sp³-hybridized carbons (Fsp3) is 0.190. The zero-order valence-electron chi connectivity index (χ0n) is 15.3. The number of hydrogen-bond donors (Lipinski definition) is 1. The van der Waals surface area contributed by atoms with Gasteiger partial charge in [-0.1, -0.05) is 12.1 Å². The first kappa shape index (κ1) is 16.7. The fourth-order valence-electron chi connectivity index (χ4n) is 3.55. The van der Waals surface area contributed by atoms with Crippen molar-refractivity contribution in [3.05, 3.63) is 70.7 Å². The first-order valence-corrected chi connectivity index (χ1v) is 9.02. The molecule has 1 N–H and O–H groups in total. The van der Waals surface area contributed by atoms with Crippen LogP contribution in [0.15, 0.2) is 47.6 Å². The molecule has 0 radical (unpaired) electrons. The third-order valence-corrected chi connectivity index (χ3v) is 5.05. The lowest BCUT2D eigenvalue weighted by molar-refractivity contribution is 0.414. The van der Waals surface area contributed by atoms with Gasteiger partial charge in [-0.15, -0.1) is 0 Å². The Morgan fingerprint density at radius 2 is 1.93 bits per heavy atom. The van der Waals surface area contributed by atoms with Crippen LogP contribution in [-0.2, 0) is 19.6 Å². The van der Waals surface area contributed by atoms with Crippen molar-refractivity contribution in [3.63, 3.8) is 0 Å². The Hall–Kier alpha value is -3.48. The lowest BCUT2D eigenvalue weighted by Crippen LogP contribution is -2.18. The van der Waals surface area contributed by atoms with Gasteiger partial charge in [-0.05, 0) is 46.5 Å². The molecule has 28 heavy (non-hydrogen) atoms. The molecule has 0 atom stereocenters. The van der Waals surface area contributed by atoms with E-state index in [1.807, 2.05) is 47.5 Å². The maximum Gasteiger partial charge on any atom is 0.228 e. The highest BCUT2D eigenvalue weighted by Crippen LogP contribution is 2.30. The van der Waals surface area contributed by atoms with Gasteiger partial charge < -0.3 is 15.0 Å². The van der Waals surface area contributed by atoms with Crippen molar-refractivity contribution in [1.29, 1.82) is 0 Å². The van der Waals surface area contributed by atoms with Crippen molar-refractivity contribution in [2.75, 3.05) is 17.3 Å². The predicted molar refractivity (Wildman–Crippen MR) is 106 cm³/mol. The van der Waals surface area contributed by atoms with Crippen molar-refractivity contribution in [3.8, 4) is 5.75 Å².